The molecule has 0 N–H and O–H groups in total. The van der Waals surface area contributed by atoms with E-state index in [-0.39, 0.29) is 5.78 Å². The van der Waals surface area contributed by atoms with Crippen molar-refractivity contribution in [1.29, 1.82) is 5.26 Å². The zero-order chi connectivity index (χ0) is 15.5. The van der Waals surface area contributed by atoms with E-state index in [1.807, 2.05) is 65.4 Å². The molecular formula is C19H14N2O. The molecule has 0 saturated carbocycles. The lowest BCUT2D eigenvalue weighted by molar-refractivity contribution is -0.112. The molecule has 0 aliphatic heterocycles. The normalized spacial score (nSPS) is 11.4. The van der Waals surface area contributed by atoms with Crippen molar-refractivity contribution >= 4 is 28.5 Å². The number of ketones is 1. The summed E-state index contributed by atoms with van der Waals surface area (Å²) in [7, 11) is 0. The van der Waals surface area contributed by atoms with Gasteiger partial charge in [-0.3, -0.25) is 4.79 Å². The van der Waals surface area contributed by atoms with E-state index in [2.05, 4.69) is 6.07 Å². The summed E-state index contributed by atoms with van der Waals surface area (Å²) in [6, 6.07) is 19.3. The summed E-state index contributed by atoms with van der Waals surface area (Å²) >= 11 is 0. The number of carbonyl (C=O) groups excluding carboxylic acids is 1. The fraction of sp³-hybridized carbons (Fsp3) is 0.0526. The lowest BCUT2D eigenvalue weighted by Gasteiger charge is -2.08. The minimum Gasteiger partial charge on any atom is -0.313 e. The van der Waals surface area contributed by atoms with Gasteiger partial charge in [0, 0.05) is 18.5 Å². The molecular weight excluding hydrogens is 272 g/mol. The Balaban J connectivity index is 2.16. The van der Waals surface area contributed by atoms with E-state index in [9.17, 15) is 4.79 Å². The van der Waals surface area contributed by atoms with Crippen LogP contribution in [0.15, 0.2) is 60.8 Å². The average Bonchev–Trinajstić information content (AvgIpc) is 2.96. The van der Waals surface area contributed by atoms with E-state index in [1.54, 1.807) is 13.0 Å². The van der Waals surface area contributed by atoms with Gasteiger partial charge in [-0.05, 0) is 35.9 Å². The number of benzene rings is 2. The number of rotatable bonds is 3. The standard InChI is InChI=1S/C19H14N2O/c1-14(22)19(12-15-5-3-2-4-6-15)21-10-9-17-11-16(13-20)7-8-18(17)21/h2-12H,1H3/b19-12-. The minimum absolute atomic E-state index is 0.00860. The van der Waals surface area contributed by atoms with Gasteiger partial charge in [-0.15, -0.1) is 0 Å². The summed E-state index contributed by atoms with van der Waals surface area (Å²) < 4.78 is 1.87. The Bertz CT molecular complexity index is 912. The van der Waals surface area contributed by atoms with Crippen molar-refractivity contribution in [2.45, 2.75) is 6.92 Å². The Morgan fingerprint density at radius 1 is 1.14 bits per heavy atom. The van der Waals surface area contributed by atoms with Crippen LogP contribution in [0.5, 0.6) is 0 Å². The number of nitrogens with zero attached hydrogens (tertiary/aromatic N) is 2. The zero-order valence-corrected chi connectivity index (χ0v) is 12.2. The van der Waals surface area contributed by atoms with Crippen LogP contribution in [0, 0.1) is 11.3 Å². The number of carbonyl (C=O) groups is 1. The lowest BCUT2D eigenvalue weighted by Crippen LogP contribution is -2.04. The van der Waals surface area contributed by atoms with Gasteiger partial charge in [0.1, 0.15) is 0 Å². The molecule has 0 fully saturated rings. The van der Waals surface area contributed by atoms with E-state index in [4.69, 9.17) is 5.26 Å². The maximum atomic E-state index is 12.1. The molecule has 1 aromatic heterocycles. The number of nitriles is 1. The molecule has 3 rings (SSSR count). The predicted octanol–water partition coefficient (Wildman–Crippen LogP) is 4.10. The first-order chi connectivity index (χ1) is 10.7. The fourth-order valence-corrected chi connectivity index (χ4v) is 2.47. The number of hydrogen-bond donors (Lipinski definition) is 0. The summed E-state index contributed by atoms with van der Waals surface area (Å²) in [5.41, 5.74) is 3.10. The van der Waals surface area contributed by atoms with Crippen LogP contribution in [0.4, 0.5) is 0 Å². The van der Waals surface area contributed by atoms with Crippen LogP contribution in [-0.4, -0.2) is 10.4 Å². The van der Waals surface area contributed by atoms with E-state index >= 15 is 0 Å². The quantitative estimate of drug-likeness (QED) is 0.680. The number of fused-ring (bicyclic) bond motifs is 1. The molecule has 0 spiro atoms. The van der Waals surface area contributed by atoms with E-state index in [1.165, 1.54) is 0 Å². The Labute approximate surface area is 128 Å². The second-order valence-corrected chi connectivity index (χ2v) is 5.07. The molecule has 0 aliphatic rings. The average molecular weight is 286 g/mol. The lowest BCUT2D eigenvalue weighted by atomic mass is 10.1. The molecule has 0 atom stereocenters. The topological polar surface area (TPSA) is 45.8 Å². The van der Waals surface area contributed by atoms with Crippen molar-refractivity contribution in [2.24, 2.45) is 0 Å². The minimum atomic E-state index is -0.00860. The summed E-state index contributed by atoms with van der Waals surface area (Å²) in [6.07, 6.45) is 3.74. The van der Waals surface area contributed by atoms with Crippen molar-refractivity contribution in [3.05, 3.63) is 71.9 Å². The van der Waals surface area contributed by atoms with Gasteiger partial charge in [0.25, 0.3) is 0 Å². The summed E-state index contributed by atoms with van der Waals surface area (Å²) in [5.74, 6) is -0.00860. The van der Waals surface area contributed by atoms with Gasteiger partial charge in [-0.25, -0.2) is 0 Å². The van der Waals surface area contributed by atoms with Crippen LogP contribution in [0.1, 0.15) is 18.1 Å². The third-order valence-corrected chi connectivity index (χ3v) is 3.54. The number of hydrogen-bond acceptors (Lipinski definition) is 2. The zero-order valence-electron chi connectivity index (χ0n) is 12.2. The van der Waals surface area contributed by atoms with E-state index < -0.39 is 0 Å². The summed E-state index contributed by atoms with van der Waals surface area (Å²) in [5, 5.41) is 9.92. The second-order valence-electron chi connectivity index (χ2n) is 5.07. The number of Topliss-reactive ketones (excluding diaryl/α,β-unsaturated/α-hetero) is 1. The first-order valence-corrected chi connectivity index (χ1v) is 6.98. The monoisotopic (exact) mass is 286 g/mol. The van der Waals surface area contributed by atoms with Gasteiger partial charge in [0.15, 0.2) is 5.78 Å². The van der Waals surface area contributed by atoms with Crippen LogP contribution in [-0.2, 0) is 4.79 Å². The van der Waals surface area contributed by atoms with Crippen molar-refractivity contribution in [3.8, 4) is 6.07 Å². The Hall–Kier alpha value is -3.12. The maximum Gasteiger partial charge on any atom is 0.176 e. The first kappa shape index (κ1) is 13.8. The van der Waals surface area contributed by atoms with Crippen LogP contribution in [0.25, 0.3) is 22.7 Å². The largest absolute Gasteiger partial charge is 0.313 e. The predicted molar refractivity (Wildman–Crippen MR) is 87.9 cm³/mol. The molecule has 3 heteroatoms. The molecule has 106 valence electrons. The van der Waals surface area contributed by atoms with Crippen LogP contribution < -0.4 is 0 Å². The molecule has 3 aromatic rings. The third-order valence-electron chi connectivity index (χ3n) is 3.54. The molecule has 0 aliphatic carbocycles. The van der Waals surface area contributed by atoms with Gasteiger partial charge in [-0.1, -0.05) is 30.3 Å². The number of aromatic nitrogens is 1. The molecule has 2 aromatic carbocycles. The van der Waals surface area contributed by atoms with E-state index in [0.717, 1.165) is 16.5 Å². The molecule has 22 heavy (non-hydrogen) atoms. The van der Waals surface area contributed by atoms with E-state index in [0.29, 0.717) is 11.3 Å². The van der Waals surface area contributed by atoms with Crippen LogP contribution in [0.3, 0.4) is 0 Å². The Morgan fingerprint density at radius 2 is 1.91 bits per heavy atom. The van der Waals surface area contributed by atoms with Gasteiger partial charge in [0.05, 0.1) is 22.8 Å². The fourth-order valence-electron chi connectivity index (χ4n) is 2.47. The molecule has 3 nitrogen and oxygen atoms in total. The van der Waals surface area contributed by atoms with Crippen molar-refractivity contribution in [1.82, 2.24) is 4.57 Å². The van der Waals surface area contributed by atoms with Gasteiger partial charge >= 0.3 is 0 Å². The van der Waals surface area contributed by atoms with Gasteiger partial charge < -0.3 is 4.57 Å². The van der Waals surface area contributed by atoms with Gasteiger partial charge in [-0.2, -0.15) is 5.26 Å². The van der Waals surface area contributed by atoms with Crippen molar-refractivity contribution in [3.63, 3.8) is 0 Å². The smallest absolute Gasteiger partial charge is 0.176 e. The summed E-state index contributed by atoms with van der Waals surface area (Å²) in [6.45, 7) is 1.56. The molecule has 0 unspecified atom stereocenters. The maximum absolute atomic E-state index is 12.1. The van der Waals surface area contributed by atoms with Gasteiger partial charge in [0.2, 0.25) is 0 Å². The Kier molecular flexibility index (Phi) is 3.59. The summed E-state index contributed by atoms with van der Waals surface area (Å²) in [4.78, 5) is 12.1. The molecule has 0 bridgehead atoms. The first-order valence-electron chi connectivity index (χ1n) is 6.98. The third kappa shape index (κ3) is 2.55. The molecule has 0 saturated heterocycles. The molecule has 1 heterocycles. The van der Waals surface area contributed by atoms with Crippen LogP contribution >= 0.6 is 0 Å². The Morgan fingerprint density at radius 3 is 2.59 bits per heavy atom. The molecule has 0 radical (unpaired) electrons. The highest BCUT2D eigenvalue weighted by Gasteiger charge is 2.10. The molecule has 0 amide bonds. The van der Waals surface area contributed by atoms with Crippen molar-refractivity contribution < 1.29 is 4.79 Å². The highest BCUT2D eigenvalue weighted by Crippen LogP contribution is 2.23. The number of allylic oxidation sites excluding steroid dienone is 1. The highest BCUT2D eigenvalue weighted by molar-refractivity contribution is 6.19. The second kappa shape index (κ2) is 5.71. The van der Waals surface area contributed by atoms with Crippen LogP contribution in [0.2, 0.25) is 0 Å². The van der Waals surface area contributed by atoms with Crippen molar-refractivity contribution in [2.75, 3.05) is 0 Å². The highest BCUT2D eigenvalue weighted by atomic mass is 16.1. The SMILES string of the molecule is CC(=O)/C(=C/c1ccccc1)n1ccc2cc(C#N)ccc21.